The second-order valence-electron chi connectivity index (χ2n) is 3.69. The number of carbonyl (C=O) groups excluding carboxylic acids is 1. The molecule has 0 aliphatic carbocycles. The highest BCUT2D eigenvalue weighted by Gasteiger charge is 2.19. The maximum atomic E-state index is 11.9. The summed E-state index contributed by atoms with van der Waals surface area (Å²) < 4.78 is 3.26. The van der Waals surface area contributed by atoms with E-state index in [1.807, 2.05) is 0 Å². The fraction of sp³-hybridized carbons (Fsp3) is 0.300. The van der Waals surface area contributed by atoms with Gasteiger partial charge in [-0.2, -0.15) is 5.10 Å². The molecule has 2 rings (SSSR count). The van der Waals surface area contributed by atoms with Crippen LogP contribution in [0.2, 0.25) is 5.02 Å². The van der Waals surface area contributed by atoms with Gasteiger partial charge in [0.15, 0.2) is 5.69 Å². The number of imidazole rings is 1. The van der Waals surface area contributed by atoms with Crippen molar-refractivity contribution < 1.29 is 4.79 Å². The van der Waals surface area contributed by atoms with Crippen LogP contribution in [-0.2, 0) is 14.1 Å². The number of rotatable bonds is 2. The summed E-state index contributed by atoms with van der Waals surface area (Å²) in [5, 5.41) is 7.06. The third-order valence-electron chi connectivity index (χ3n) is 2.52. The molecule has 2 aromatic heterocycles. The van der Waals surface area contributed by atoms with E-state index in [1.165, 1.54) is 0 Å². The molecular weight excluding hydrogens is 242 g/mol. The number of amides is 1. The van der Waals surface area contributed by atoms with Crippen LogP contribution in [0.25, 0.3) is 0 Å². The Kier molecular flexibility index (Phi) is 2.89. The minimum absolute atomic E-state index is 0.203. The molecule has 0 unspecified atom stereocenters. The highest BCUT2D eigenvalue weighted by molar-refractivity contribution is 6.34. The summed E-state index contributed by atoms with van der Waals surface area (Å²) in [6.07, 6.45) is 3.34. The van der Waals surface area contributed by atoms with E-state index in [1.54, 1.807) is 42.7 Å². The number of aromatic nitrogens is 4. The van der Waals surface area contributed by atoms with Crippen molar-refractivity contribution in [2.75, 3.05) is 5.32 Å². The smallest absolute Gasteiger partial charge is 0.280 e. The van der Waals surface area contributed by atoms with Crippen molar-refractivity contribution >= 4 is 23.5 Å². The fourth-order valence-electron chi connectivity index (χ4n) is 1.37. The molecule has 0 saturated heterocycles. The van der Waals surface area contributed by atoms with Crippen LogP contribution >= 0.6 is 11.6 Å². The van der Waals surface area contributed by atoms with Crippen molar-refractivity contribution in [1.82, 2.24) is 19.3 Å². The number of aryl methyl sites for hydroxylation is 2. The minimum atomic E-state index is -0.368. The Hall–Kier alpha value is -1.82. The van der Waals surface area contributed by atoms with Crippen LogP contribution in [0.15, 0.2) is 12.4 Å². The molecule has 2 aromatic rings. The normalized spacial score (nSPS) is 10.6. The van der Waals surface area contributed by atoms with Crippen LogP contribution in [0.3, 0.4) is 0 Å². The van der Waals surface area contributed by atoms with Gasteiger partial charge in [-0.15, -0.1) is 0 Å². The van der Waals surface area contributed by atoms with Gasteiger partial charge in [-0.25, -0.2) is 4.98 Å². The Morgan fingerprint density at radius 2 is 2.18 bits per heavy atom. The summed E-state index contributed by atoms with van der Waals surface area (Å²) in [5.41, 5.74) is 0.950. The molecule has 6 nitrogen and oxygen atoms in total. The minimum Gasteiger partial charge on any atom is -0.320 e. The van der Waals surface area contributed by atoms with E-state index >= 15 is 0 Å². The Morgan fingerprint density at radius 3 is 2.65 bits per heavy atom. The number of anilines is 1. The maximum Gasteiger partial charge on any atom is 0.280 e. The van der Waals surface area contributed by atoms with E-state index in [9.17, 15) is 4.79 Å². The van der Waals surface area contributed by atoms with Crippen LogP contribution < -0.4 is 5.32 Å². The summed E-state index contributed by atoms with van der Waals surface area (Å²) >= 11 is 6.02. The monoisotopic (exact) mass is 253 g/mol. The van der Waals surface area contributed by atoms with Crippen LogP contribution in [0.4, 0.5) is 5.95 Å². The van der Waals surface area contributed by atoms with E-state index < -0.39 is 0 Å². The zero-order valence-electron chi connectivity index (χ0n) is 9.73. The first-order valence-corrected chi connectivity index (χ1v) is 5.36. The summed E-state index contributed by atoms with van der Waals surface area (Å²) in [6, 6.07) is 0. The summed E-state index contributed by atoms with van der Waals surface area (Å²) in [6.45, 7) is 1.80. The molecule has 0 bridgehead atoms. The highest BCUT2D eigenvalue weighted by atomic mass is 35.5. The number of hydrogen-bond donors (Lipinski definition) is 1. The molecule has 0 spiro atoms. The van der Waals surface area contributed by atoms with Gasteiger partial charge in [0.2, 0.25) is 5.95 Å². The van der Waals surface area contributed by atoms with E-state index in [2.05, 4.69) is 15.4 Å². The Morgan fingerprint density at radius 1 is 1.47 bits per heavy atom. The molecule has 0 saturated carbocycles. The van der Waals surface area contributed by atoms with Gasteiger partial charge in [0.25, 0.3) is 5.91 Å². The standard InChI is InChI=1S/C10H12ClN5O/c1-6-7(11)8(14-16(6)3)9(17)13-10-12-4-5-15(10)2/h4-5H,1-3H3,(H,12,13,17). The van der Waals surface area contributed by atoms with Gasteiger partial charge in [0.05, 0.1) is 10.7 Å². The van der Waals surface area contributed by atoms with Crippen molar-refractivity contribution in [2.45, 2.75) is 6.92 Å². The highest BCUT2D eigenvalue weighted by Crippen LogP contribution is 2.19. The maximum absolute atomic E-state index is 11.9. The number of halogens is 1. The molecule has 1 N–H and O–H groups in total. The first-order chi connectivity index (χ1) is 8.00. The molecule has 0 atom stereocenters. The predicted octanol–water partition coefficient (Wildman–Crippen LogP) is 1.37. The van der Waals surface area contributed by atoms with Crippen molar-refractivity contribution in [3.8, 4) is 0 Å². The molecule has 2 heterocycles. The van der Waals surface area contributed by atoms with Gasteiger partial charge in [-0.3, -0.25) is 14.8 Å². The summed E-state index contributed by atoms with van der Waals surface area (Å²) in [7, 11) is 3.52. The van der Waals surface area contributed by atoms with E-state index in [4.69, 9.17) is 11.6 Å². The lowest BCUT2D eigenvalue weighted by atomic mass is 10.3. The fourth-order valence-corrected chi connectivity index (χ4v) is 1.62. The Balaban J connectivity index is 2.26. The van der Waals surface area contributed by atoms with E-state index in [0.29, 0.717) is 11.0 Å². The van der Waals surface area contributed by atoms with Gasteiger partial charge in [0, 0.05) is 26.5 Å². The molecule has 17 heavy (non-hydrogen) atoms. The molecule has 0 aliphatic rings. The number of hydrogen-bond acceptors (Lipinski definition) is 3. The van der Waals surface area contributed by atoms with Gasteiger partial charge in [-0.05, 0) is 6.92 Å². The molecule has 0 fully saturated rings. The molecule has 0 aromatic carbocycles. The molecule has 90 valence electrons. The second-order valence-corrected chi connectivity index (χ2v) is 4.07. The zero-order chi connectivity index (χ0) is 12.6. The average Bonchev–Trinajstić information content (AvgIpc) is 2.79. The van der Waals surface area contributed by atoms with Crippen molar-refractivity contribution in [1.29, 1.82) is 0 Å². The topological polar surface area (TPSA) is 64.7 Å². The molecule has 0 aliphatic heterocycles. The van der Waals surface area contributed by atoms with Crippen LogP contribution in [-0.4, -0.2) is 25.2 Å². The predicted molar refractivity (Wildman–Crippen MR) is 64.1 cm³/mol. The van der Waals surface area contributed by atoms with E-state index in [0.717, 1.165) is 5.69 Å². The quantitative estimate of drug-likeness (QED) is 0.879. The Bertz CT molecular complexity index is 571. The second kappa shape index (κ2) is 4.21. The number of carbonyl (C=O) groups is 1. The largest absolute Gasteiger partial charge is 0.320 e. The lowest BCUT2D eigenvalue weighted by Gasteiger charge is -2.02. The van der Waals surface area contributed by atoms with Crippen molar-refractivity contribution in [3.05, 3.63) is 28.8 Å². The van der Waals surface area contributed by atoms with Gasteiger partial charge < -0.3 is 4.57 Å². The van der Waals surface area contributed by atoms with Gasteiger partial charge >= 0.3 is 0 Å². The summed E-state index contributed by atoms with van der Waals surface area (Å²) in [5.74, 6) is 0.0855. The van der Waals surface area contributed by atoms with Gasteiger partial charge in [-0.1, -0.05) is 11.6 Å². The first-order valence-electron chi connectivity index (χ1n) is 4.98. The lowest BCUT2D eigenvalue weighted by Crippen LogP contribution is -2.16. The number of nitrogens with zero attached hydrogens (tertiary/aromatic N) is 4. The number of nitrogens with one attached hydrogen (secondary N) is 1. The molecule has 0 radical (unpaired) electrons. The van der Waals surface area contributed by atoms with Crippen molar-refractivity contribution in [3.63, 3.8) is 0 Å². The van der Waals surface area contributed by atoms with Crippen LogP contribution in [0.1, 0.15) is 16.2 Å². The Labute approximate surface area is 103 Å². The molecule has 1 amide bonds. The zero-order valence-corrected chi connectivity index (χ0v) is 10.5. The van der Waals surface area contributed by atoms with Gasteiger partial charge in [0.1, 0.15) is 0 Å². The molecule has 7 heteroatoms. The third-order valence-corrected chi connectivity index (χ3v) is 2.98. The van der Waals surface area contributed by atoms with E-state index in [-0.39, 0.29) is 11.6 Å². The van der Waals surface area contributed by atoms with Crippen molar-refractivity contribution in [2.24, 2.45) is 14.1 Å². The lowest BCUT2D eigenvalue weighted by molar-refractivity contribution is 0.102. The SMILES string of the molecule is Cc1c(Cl)c(C(=O)Nc2nccn2C)nn1C. The van der Waals surface area contributed by atoms with Crippen LogP contribution in [0.5, 0.6) is 0 Å². The first kappa shape index (κ1) is 11.7. The van der Waals surface area contributed by atoms with Crippen LogP contribution in [0, 0.1) is 6.92 Å². The average molecular weight is 254 g/mol. The molecular formula is C10H12ClN5O. The summed E-state index contributed by atoms with van der Waals surface area (Å²) in [4.78, 5) is 15.9. The third kappa shape index (κ3) is 2.03.